The number of hydrogen-bond donors (Lipinski definition) is 1. The van der Waals surface area contributed by atoms with Gasteiger partial charge in [-0.15, -0.1) is 0 Å². The van der Waals surface area contributed by atoms with Crippen molar-refractivity contribution in [3.8, 4) is 11.3 Å². The summed E-state index contributed by atoms with van der Waals surface area (Å²) in [7, 11) is -0.149. The normalized spacial score (nSPS) is 11.2. The molecule has 2 aromatic carbocycles. The minimum absolute atomic E-state index is 0.184. The zero-order valence-corrected chi connectivity index (χ0v) is 17.9. The van der Waals surface area contributed by atoms with E-state index >= 15 is 0 Å². The SMILES string of the molecule is COC(=O)c1cccc(-c2c(C)c(C(=O)Nc3ccc(S(C)(=O)=O)cc3)cn2C)c1. The Kier molecular flexibility index (Phi) is 5.80. The summed E-state index contributed by atoms with van der Waals surface area (Å²) in [5.74, 6) is -0.746. The van der Waals surface area contributed by atoms with Crippen LogP contribution in [0.1, 0.15) is 26.3 Å². The molecule has 0 saturated heterocycles. The molecule has 0 aliphatic heterocycles. The highest BCUT2D eigenvalue weighted by Crippen LogP contribution is 2.28. The molecular weight excluding hydrogens is 404 g/mol. The monoisotopic (exact) mass is 426 g/mol. The number of carbonyl (C=O) groups is 2. The van der Waals surface area contributed by atoms with Crippen molar-refractivity contribution < 1.29 is 22.7 Å². The van der Waals surface area contributed by atoms with Crippen LogP contribution in [0.4, 0.5) is 5.69 Å². The smallest absolute Gasteiger partial charge is 0.337 e. The Morgan fingerprint density at radius 3 is 2.33 bits per heavy atom. The number of hydrogen-bond acceptors (Lipinski definition) is 5. The van der Waals surface area contributed by atoms with Crippen LogP contribution in [0.25, 0.3) is 11.3 Å². The van der Waals surface area contributed by atoms with E-state index in [0.717, 1.165) is 23.1 Å². The molecule has 156 valence electrons. The molecule has 1 aromatic heterocycles. The summed E-state index contributed by atoms with van der Waals surface area (Å²) in [5, 5.41) is 2.79. The lowest BCUT2D eigenvalue weighted by Crippen LogP contribution is -2.12. The van der Waals surface area contributed by atoms with Gasteiger partial charge in [0.2, 0.25) is 0 Å². The molecule has 1 heterocycles. The van der Waals surface area contributed by atoms with E-state index in [0.29, 0.717) is 16.8 Å². The minimum atomic E-state index is -3.30. The molecule has 0 spiro atoms. The zero-order valence-electron chi connectivity index (χ0n) is 17.1. The van der Waals surface area contributed by atoms with Crippen LogP contribution in [0.3, 0.4) is 0 Å². The van der Waals surface area contributed by atoms with Crippen LogP contribution in [0.2, 0.25) is 0 Å². The highest BCUT2D eigenvalue weighted by molar-refractivity contribution is 7.90. The quantitative estimate of drug-likeness (QED) is 0.631. The molecule has 30 heavy (non-hydrogen) atoms. The molecule has 8 heteroatoms. The lowest BCUT2D eigenvalue weighted by atomic mass is 10.0. The third-order valence-corrected chi connectivity index (χ3v) is 5.91. The molecule has 0 aliphatic rings. The van der Waals surface area contributed by atoms with Crippen molar-refractivity contribution in [2.24, 2.45) is 7.05 Å². The van der Waals surface area contributed by atoms with Gasteiger partial charge in [0.1, 0.15) is 0 Å². The van der Waals surface area contributed by atoms with Crippen LogP contribution >= 0.6 is 0 Å². The van der Waals surface area contributed by atoms with E-state index in [1.54, 1.807) is 36.5 Å². The van der Waals surface area contributed by atoms with Gasteiger partial charge in [-0.05, 0) is 54.4 Å². The minimum Gasteiger partial charge on any atom is -0.465 e. The number of ether oxygens (including phenoxy) is 1. The van der Waals surface area contributed by atoms with Crippen LogP contribution < -0.4 is 5.32 Å². The van der Waals surface area contributed by atoms with Crippen molar-refractivity contribution in [3.63, 3.8) is 0 Å². The number of methoxy groups -OCH3 is 1. The highest BCUT2D eigenvalue weighted by Gasteiger charge is 2.19. The van der Waals surface area contributed by atoms with Crippen molar-refractivity contribution in [2.75, 3.05) is 18.7 Å². The summed E-state index contributed by atoms with van der Waals surface area (Å²) in [6, 6.07) is 13.0. The predicted molar refractivity (Wildman–Crippen MR) is 114 cm³/mol. The third kappa shape index (κ3) is 4.28. The average molecular weight is 426 g/mol. The Labute approximate surface area is 175 Å². The van der Waals surface area contributed by atoms with E-state index in [2.05, 4.69) is 5.32 Å². The maximum absolute atomic E-state index is 12.8. The van der Waals surface area contributed by atoms with Crippen LogP contribution in [0.5, 0.6) is 0 Å². The fourth-order valence-corrected chi connectivity index (χ4v) is 3.92. The lowest BCUT2D eigenvalue weighted by molar-refractivity contribution is 0.0600. The number of esters is 1. The fourth-order valence-electron chi connectivity index (χ4n) is 3.29. The van der Waals surface area contributed by atoms with Gasteiger partial charge in [-0.2, -0.15) is 0 Å². The molecule has 3 aromatic rings. The van der Waals surface area contributed by atoms with Gasteiger partial charge in [0, 0.05) is 25.2 Å². The molecular formula is C22H22N2O5S. The maximum atomic E-state index is 12.8. The molecule has 1 amide bonds. The second kappa shape index (κ2) is 8.16. The molecule has 0 unspecified atom stereocenters. The Morgan fingerprint density at radius 1 is 1.07 bits per heavy atom. The first-order chi connectivity index (χ1) is 14.1. The van der Waals surface area contributed by atoms with Gasteiger partial charge in [0.25, 0.3) is 5.91 Å². The van der Waals surface area contributed by atoms with E-state index in [1.165, 1.54) is 19.2 Å². The summed E-state index contributed by atoms with van der Waals surface area (Å²) >= 11 is 0. The summed E-state index contributed by atoms with van der Waals surface area (Å²) < 4.78 is 29.8. The highest BCUT2D eigenvalue weighted by atomic mass is 32.2. The number of nitrogens with one attached hydrogen (secondary N) is 1. The molecule has 0 saturated carbocycles. The van der Waals surface area contributed by atoms with Crippen LogP contribution in [0.15, 0.2) is 59.6 Å². The van der Waals surface area contributed by atoms with E-state index in [4.69, 9.17) is 4.74 Å². The van der Waals surface area contributed by atoms with Crippen LogP contribution in [-0.2, 0) is 21.6 Å². The summed E-state index contributed by atoms with van der Waals surface area (Å²) in [6.45, 7) is 1.84. The van der Waals surface area contributed by atoms with Crippen molar-refractivity contribution in [3.05, 3.63) is 71.4 Å². The molecule has 7 nitrogen and oxygen atoms in total. The Morgan fingerprint density at radius 2 is 1.73 bits per heavy atom. The number of sulfone groups is 1. The first-order valence-corrected chi connectivity index (χ1v) is 11.0. The molecule has 0 atom stereocenters. The number of nitrogens with zero attached hydrogens (tertiary/aromatic N) is 1. The first-order valence-electron chi connectivity index (χ1n) is 9.08. The Bertz CT molecular complexity index is 1220. The number of aryl methyl sites for hydroxylation is 1. The van der Waals surface area contributed by atoms with E-state index < -0.39 is 15.8 Å². The number of aromatic nitrogens is 1. The Hall–Kier alpha value is -3.39. The van der Waals surface area contributed by atoms with Gasteiger partial charge < -0.3 is 14.6 Å². The largest absolute Gasteiger partial charge is 0.465 e. The van der Waals surface area contributed by atoms with Crippen molar-refractivity contribution in [1.29, 1.82) is 0 Å². The third-order valence-electron chi connectivity index (χ3n) is 4.78. The standard InChI is InChI=1S/C22H22N2O5S/c1-14-19(21(25)23-17-8-10-18(11-9-17)30(4,27)28)13-24(2)20(14)15-6-5-7-16(12-15)22(26)29-3/h5-13H,1-4H3,(H,23,25). The topological polar surface area (TPSA) is 94.5 Å². The van der Waals surface area contributed by atoms with Gasteiger partial charge in [0.15, 0.2) is 9.84 Å². The number of rotatable bonds is 5. The van der Waals surface area contributed by atoms with Gasteiger partial charge in [-0.25, -0.2) is 13.2 Å². The molecule has 0 bridgehead atoms. The number of carbonyl (C=O) groups excluding carboxylic acids is 2. The van der Waals surface area contributed by atoms with Gasteiger partial charge in [-0.1, -0.05) is 12.1 Å². The first kappa shape index (κ1) is 21.3. The maximum Gasteiger partial charge on any atom is 0.337 e. The molecule has 0 radical (unpaired) electrons. The van der Waals surface area contributed by atoms with Gasteiger partial charge in [-0.3, -0.25) is 4.79 Å². The number of amides is 1. The summed E-state index contributed by atoms with van der Waals surface area (Å²) in [6.07, 6.45) is 2.85. The summed E-state index contributed by atoms with van der Waals surface area (Å²) in [5.41, 5.74) is 3.73. The zero-order chi connectivity index (χ0) is 22.1. The van der Waals surface area contributed by atoms with Crippen molar-refractivity contribution in [2.45, 2.75) is 11.8 Å². The predicted octanol–water partition coefficient (Wildman–Crippen LogP) is 3.44. The second-order valence-electron chi connectivity index (χ2n) is 6.95. The van der Waals surface area contributed by atoms with Crippen LogP contribution in [0, 0.1) is 6.92 Å². The molecule has 1 N–H and O–H groups in total. The van der Waals surface area contributed by atoms with Crippen molar-refractivity contribution >= 4 is 27.4 Å². The van der Waals surface area contributed by atoms with E-state index in [1.807, 2.05) is 24.6 Å². The number of benzene rings is 2. The van der Waals surface area contributed by atoms with Crippen molar-refractivity contribution in [1.82, 2.24) is 4.57 Å². The van der Waals surface area contributed by atoms with Crippen LogP contribution in [-0.4, -0.2) is 38.2 Å². The van der Waals surface area contributed by atoms with E-state index in [9.17, 15) is 18.0 Å². The summed E-state index contributed by atoms with van der Waals surface area (Å²) in [4.78, 5) is 24.8. The lowest BCUT2D eigenvalue weighted by Gasteiger charge is -2.08. The number of anilines is 1. The fraction of sp³-hybridized carbons (Fsp3) is 0.182. The van der Waals surface area contributed by atoms with Gasteiger partial charge in [0.05, 0.1) is 28.8 Å². The molecule has 3 rings (SSSR count). The second-order valence-corrected chi connectivity index (χ2v) is 8.97. The molecule has 0 fully saturated rings. The van der Waals surface area contributed by atoms with Gasteiger partial charge >= 0.3 is 5.97 Å². The molecule has 0 aliphatic carbocycles. The average Bonchev–Trinajstić information content (AvgIpc) is 3.01. The Balaban J connectivity index is 1.90. The van der Waals surface area contributed by atoms with E-state index in [-0.39, 0.29) is 10.8 Å².